The topological polar surface area (TPSA) is 177 Å². The number of nitriles is 2. The fourth-order valence-corrected chi connectivity index (χ4v) is 1.39. The number of nitrogens with two attached hydrogens (primary N) is 2. The van der Waals surface area contributed by atoms with Crippen molar-refractivity contribution >= 4 is 39.4 Å². The van der Waals surface area contributed by atoms with Crippen molar-refractivity contribution in [1.82, 2.24) is 29.9 Å². The summed E-state index contributed by atoms with van der Waals surface area (Å²) in [5, 5.41) is 16.7. The van der Waals surface area contributed by atoms with Gasteiger partial charge in [0, 0.05) is 24.8 Å². The van der Waals surface area contributed by atoms with Crippen LogP contribution in [0.3, 0.4) is 0 Å². The third-order valence-corrected chi connectivity index (χ3v) is 2.80. The summed E-state index contributed by atoms with van der Waals surface area (Å²) in [6, 6.07) is 3.74. The normalized spacial score (nSPS) is 8.62. The molecule has 3 aromatic heterocycles. The third-order valence-electron chi connectivity index (χ3n) is 2.19. The van der Waals surface area contributed by atoms with E-state index in [0.29, 0.717) is 17.1 Å². The highest BCUT2D eigenvalue weighted by Gasteiger charge is 1.90. The van der Waals surface area contributed by atoms with Crippen LogP contribution in [0.5, 0.6) is 0 Å². The summed E-state index contributed by atoms with van der Waals surface area (Å²) in [7, 11) is 0. The molecule has 12 heteroatoms. The predicted octanol–water partition coefficient (Wildman–Crippen LogP) is 1.75. The molecule has 0 bridgehead atoms. The lowest BCUT2D eigenvalue weighted by Gasteiger charge is -1.87. The highest BCUT2D eigenvalue weighted by molar-refractivity contribution is 9.10. The number of aromatic nitrogens is 6. The van der Waals surface area contributed by atoms with Gasteiger partial charge in [-0.2, -0.15) is 10.5 Å². The summed E-state index contributed by atoms with van der Waals surface area (Å²) in [6.45, 7) is 0. The van der Waals surface area contributed by atoms with Crippen molar-refractivity contribution in [1.29, 1.82) is 10.5 Å². The first-order valence-electron chi connectivity index (χ1n) is 6.53. The van der Waals surface area contributed by atoms with Crippen LogP contribution in [0, 0.1) is 22.7 Å². The number of nitrogen functional groups attached to an aromatic ring is 2. The van der Waals surface area contributed by atoms with Crippen molar-refractivity contribution in [2.75, 3.05) is 11.5 Å². The lowest BCUT2D eigenvalue weighted by molar-refractivity contribution is 1.15. The summed E-state index contributed by atoms with van der Waals surface area (Å²) in [6.07, 6.45) is 8.69. The van der Waals surface area contributed by atoms with Crippen molar-refractivity contribution in [2.45, 2.75) is 0 Å². The van der Waals surface area contributed by atoms with Gasteiger partial charge in [0.1, 0.15) is 12.1 Å². The molecule has 3 rings (SSSR count). The second-order valence-electron chi connectivity index (χ2n) is 4.05. The molecule has 0 atom stereocenters. The van der Waals surface area contributed by atoms with Crippen LogP contribution in [0.1, 0.15) is 11.1 Å². The number of rotatable bonds is 0. The van der Waals surface area contributed by atoms with E-state index in [9.17, 15) is 0 Å². The monoisotopic (exact) mass is 432 g/mol. The fourth-order valence-electron chi connectivity index (χ4n) is 1.09. The molecule has 0 unspecified atom stereocenters. The number of nitrogens with zero attached hydrogens (tertiary/aromatic N) is 8. The van der Waals surface area contributed by atoms with Crippen molar-refractivity contribution < 1.29 is 0 Å². The Labute approximate surface area is 161 Å². The number of hydrogen-bond acceptors (Lipinski definition) is 10. The van der Waals surface area contributed by atoms with Gasteiger partial charge in [0.05, 0.1) is 28.0 Å². The maximum Gasteiger partial charge on any atom is 0.222 e. The molecule has 0 saturated heterocycles. The van der Waals surface area contributed by atoms with Crippen LogP contribution in [0.15, 0.2) is 41.7 Å². The molecule has 130 valence electrons. The van der Waals surface area contributed by atoms with Gasteiger partial charge in [0.15, 0.2) is 0 Å². The Bertz CT molecular complexity index is 809. The Morgan fingerprint density at radius 2 is 1.08 bits per heavy atom. The van der Waals surface area contributed by atoms with Crippen LogP contribution in [-0.2, 0) is 0 Å². The SMILES string of the molecule is N#Cc1cnc(Cl)nc1.N#Cc1cnc(N)nc1.Nc1ncc(Br)cn1. The van der Waals surface area contributed by atoms with E-state index in [4.69, 9.17) is 33.6 Å². The molecule has 0 saturated carbocycles. The minimum atomic E-state index is 0.161. The summed E-state index contributed by atoms with van der Waals surface area (Å²) in [5.41, 5.74) is 11.2. The second-order valence-corrected chi connectivity index (χ2v) is 5.31. The van der Waals surface area contributed by atoms with Crippen LogP contribution in [0.25, 0.3) is 0 Å². The van der Waals surface area contributed by atoms with E-state index in [-0.39, 0.29) is 11.2 Å². The first-order valence-corrected chi connectivity index (χ1v) is 7.70. The van der Waals surface area contributed by atoms with E-state index in [2.05, 4.69) is 45.8 Å². The highest BCUT2D eigenvalue weighted by atomic mass is 79.9. The Morgan fingerprint density at radius 3 is 1.42 bits per heavy atom. The van der Waals surface area contributed by atoms with Crippen molar-refractivity contribution in [3.05, 3.63) is 58.1 Å². The standard InChI is InChI=1S/C5H2ClN3.C5H4N4.C4H4BrN3/c6-5-8-2-4(1-7)3-9-5;6-1-4-2-8-5(7)9-3-4;5-3-1-7-4(6)8-2-3/h2-3H;2-3H,(H2,7,8,9);1-2H,(H2,6,7,8). The minimum absolute atomic E-state index is 0.161. The maximum atomic E-state index is 8.26. The van der Waals surface area contributed by atoms with Gasteiger partial charge in [0.2, 0.25) is 17.2 Å². The van der Waals surface area contributed by atoms with E-state index in [0.717, 1.165) is 4.47 Å². The van der Waals surface area contributed by atoms with Crippen molar-refractivity contribution in [3.63, 3.8) is 0 Å². The van der Waals surface area contributed by atoms with Gasteiger partial charge in [-0.25, -0.2) is 29.9 Å². The number of halogens is 2. The van der Waals surface area contributed by atoms with Crippen LogP contribution in [-0.4, -0.2) is 29.9 Å². The highest BCUT2D eigenvalue weighted by Crippen LogP contribution is 2.03. The molecule has 0 spiro atoms. The zero-order chi connectivity index (χ0) is 19.4. The molecule has 3 aromatic rings. The lowest BCUT2D eigenvalue weighted by atomic mass is 10.4. The summed E-state index contributed by atoms with van der Waals surface area (Å²) in [5.74, 6) is 0.488. The van der Waals surface area contributed by atoms with Gasteiger partial charge in [-0.15, -0.1) is 0 Å². The molecule has 0 aliphatic carbocycles. The molecular formula is C14H10BrClN10. The van der Waals surface area contributed by atoms with Crippen molar-refractivity contribution in [2.24, 2.45) is 0 Å². The van der Waals surface area contributed by atoms with E-state index < -0.39 is 0 Å². The number of hydrogen-bond donors (Lipinski definition) is 2. The quantitative estimate of drug-likeness (QED) is 0.496. The van der Waals surface area contributed by atoms with Crippen LogP contribution >= 0.6 is 27.5 Å². The Hall–Kier alpha value is -3.41. The summed E-state index contributed by atoms with van der Waals surface area (Å²) < 4.78 is 0.840. The molecule has 3 heterocycles. The maximum absolute atomic E-state index is 8.26. The molecule has 0 radical (unpaired) electrons. The molecule has 0 amide bonds. The van der Waals surface area contributed by atoms with Gasteiger partial charge >= 0.3 is 0 Å². The fraction of sp³-hybridized carbons (Fsp3) is 0. The van der Waals surface area contributed by atoms with Gasteiger partial charge in [-0.05, 0) is 27.5 Å². The van der Waals surface area contributed by atoms with Gasteiger partial charge < -0.3 is 11.5 Å². The number of anilines is 2. The Morgan fingerprint density at radius 1 is 0.731 bits per heavy atom. The zero-order valence-electron chi connectivity index (χ0n) is 13.0. The largest absolute Gasteiger partial charge is 0.368 e. The van der Waals surface area contributed by atoms with Gasteiger partial charge in [0.25, 0.3) is 0 Å². The van der Waals surface area contributed by atoms with E-state index in [1.54, 1.807) is 12.4 Å². The van der Waals surface area contributed by atoms with E-state index >= 15 is 0 Å². The smallest absolute Gasteiger partial charge is 0.222 e. The molecule has 4 N–H and O–H groups in total. The molecule has 26 heavy (non-hydrogen) atoms. The molecule has 0 aliphatic heterocycles. The molecule has 10 nitrogen and oxygen atoms in total. The average molecular weight is 434 g/mol. The molecule has 0 aliphatic rings. The van der Waals surface area contributed by atoms with Gasteiger partial charge in [-0.3, -0.25) is 0 Å². The molecular weight excluding hydrogens is 424 g/mol. The lowest BCUT2D eigenvalue weighted by Crippen LogP contribution is -1.93. The predicted molar refractivity (Wildman–Crippen MR) is 97.1 cm³/mol. The Kier molecular flexibility index (Phi) is 8.89. The molecule has 0 fully saturated rings. The first kappa shape index (κ1) is 20.6. The Balaban J connectivity index is 0.000000195. The van der Waals surface area contributed by atoms with Crippen molar-refractivity contribution in [3.8, 4) is 12.1 Å². The first-order chi connectivity index (χ1) is 12.4. The summed E-state index contributed by atoms with van der Waals surface area (Å²) >= 11 is 8.50. The van der Waals surface area contributed by atoms with Gasteiger partial charge in [-0.1, -0.05) is 0 Å². The van der Waals surface area contributed by atoms with Crippen LogP contribution in [0.4, 0.5) is 11.9 Å². The second kappa shape index (κ2) is 11.2. The zero-order valence-corrected chi connectivity index (χ0v) is 15.3. The summed E-state index contributed by atoms with van der Waals surface area (Å²) in [4.78, 5) is 21.7. The van der Waals surface area contributed by atoms with E-state index in [1.165, 1.54) is 24.8 Å². The average Bonchev–Trinajstić information content (AvgIpc) is 2.66. The third kappa shape index (κ3) is 8.44. The minimum Gasteiger partial charge on any atom is -0.368 e. The van der Waals surface area contributed by atoms with Crippen LogP contribution in [0.2, 0.25) is 5.28 Å². The van der Waals surface area contributed by atoms with E-state index in [1.807, 2.05) is 12.1 Å². The van der Waals surface area contributed by atoms with Crippen LogP contribution < -0.4 is 11.5 Å². The molecule has 0 aromatic carbocycles.